The molecule has 0 amide bonds. The molecule has 0 heterocycles. The van der Waals surface area contributed by atoms with E-state index in [1.165, 1.54) is 18.9 Å². The number of halogens is 2. The molecule has 1 aliphatic rings. The van der Waals surface area contributed by atoms with Crippen LogP contribution in [0.2, 0.25) is 5.02 Å². The maximum absolute atomic E-state index is 12.8. The first kappa shape index (κ1) is 8.97. The second-order valence-corrected chi connectivity index (χ2v) is 3.94. The van der Waals surface area contributed by atoms with Crippen molar-refractivity contribution >= 4 is 11.6 Å². The summed E-state index contributed by atoms with van der Waals surface area (Å²) >= 11 is 5.65. The fourth-order valence-electron chi connectivity index (χ4n) is 1.45. The van der Waals surface area contributed by atoms with E-state index in [4.69, 9.17) is 17.3 Å². The maximum atomic E-state index is 12.8. The lowest BCUT2D eigenvalue weighted by Crippen LogP contribution is -2.12. The van der Waals surface area contributed by atoms with Crippen molar-refractivity contribution in [2.75, 3.05) is 0 Å². The summed E-state index contributed by atoms with van der Waals surface area (Å²) in [5, 5.41) is 0.161. The molecule has 0 spiro atoms. The Morgan fingerprint density at radius 2 is 2.15 bits per heavy atom. The third-order valence-corrected chi connectivity index (χ3v) is 2.75. The zero-order valence-electron chi connectivity index (χ0n) is 7.13. The quantitative estimate of drug-likeness (QED) is 0.779. The van der Waals surface area contributed by atoms with Crippen LogP contribution < -0.4 is 5.73 Å². The molecule has 70 valence electrons. The average molecular weight is 200 g/mol. The Kier molecular flexibility index (Phi) is 2.26. The van der Waals surface area contributed by atoms with Gasteiger partial charge in [0.05, 0.1) is 5.02 Å². The highest BCUT2D eigenvalue weighted by Crippen LogP contribution is 2.39. The third-order valence-electron chi connectivity index (χ3n) is 2.46. The first-order valence-corrected chi connectivity index (χ1v) is 4.77. The highest BCUT2D eigenvalue weighted by molar-refractivity contribution is 6.30. The molecule has 1 atom stereocenters. The Morgan fingerprint density at radius 3 is 2.69 bits per heavy atom. The van der Waals surface area contributed by atoms with Crippen LogP contribution in [0, 0.1) is 11.7 Å². The Morgan fingerprint density at radius 1 is 1.46 bits per heavy atom. The van der Waals surface area contributed by atoms with Crippen molar-refractivity contribution in [3.63, 3.8) is 0 Å². The van der Waals surface area contributed by atoms with Gasteiger partial charge in [-0.2, -0.15) is 0 Å². The second-order valence-electron chi connectivity index (χ2n) is 3.54. The van der Waals surface area contributed by atoms with Gasteiger partial charge in [-0.1, -0.05) is 17.7 Å². The van der Waals surface area contributed by atoms with E-state index in [9.17, 15) is 4.39 Å². The third kappa shape index (κ3) is 1.84. The van der Waals surface area contributed by atoms with Crippen LogP contribution >= 0.6 is 11.6 Å². The van der Waals surface area contributed by atoms with Crippen LogP contribution in [0.3, 0.4) is 0 Å². The van der Waals surface area contributed by atoms with Crippen LogP contribution in [-0.2, 0) is 0 Å². The van der Waals surface area contributed by atoms with Gasteiger partial charge in [-0.25, -0.2) is 4.39 Å². The van der Waals surface area contributed by atoms with Crippen molar-refractivity contribution in [1.29, 1.82) is 0 Å². The molecule has 13 heavy (non-hydrogen) atoms. The fourth-order valence-corrected chi connectivity index (χ4v) is 1.64. The van der Waals surface area contributed by atoms with Gasteiger partial charge < -0.3 is 5.73 Å². The van der Waals surface area contributed by atoms with E-state index >= 15 is 0 Å². The van der Waals surface area contributed by atoms with Crippen LogP contribution in [-0.4, -0.2) is 0 Å². The Hall–Kier alpha value is -0.600. The summed E-state index contributed by atoms with van der Waals surface area (Å²) in [6.45, 7) is 0. The first-order valence-electron chi connectivity index (χ1n) is 4.39. The molecule has 0 radical (unpaired) electrons. The van der Waals surface area contributed by atoms with Crippen LogP contribution in [0.5, 0.6) is 0 Å². The minimum atomic E-state index is -0.381. The molecule has 2 rings (SSSR count). The van der Waals surface area contributed by atoms with E-state index in [0.29, 0.717) is 5.92 Å². The van der Waals surface area contributed by atoms with E-state index in [0.717, 1.165) is 5.56 Å². The minimum absolute atomic E-state index is 0.0260. The maximum Gasteiger partial charge on any atom is 0.141 e. The summed E-state index contributed by atoms with van der Waals surface area (Å²) < 4.78 is 12.8. The smallest absolute Gasteiger partial charge is 0.141 e. The average Bonchev–Trinajstić information content (AvgIpc) is 2.91. The lowest BCUT2D eigenvalue weighted by molar-refractivity contribution is 0.613. The van der Waals surface area contributed by atoms with E-state index in [1.807, 2.05) is 0 Å². The molecule has 1 aromatic carbocycles. The Bertz CT molecular complexity index is 323. The Labute approximate surface area is 81.7 Å². The van der Waals surface area contributed by atoms with Gasteiger partial charge in [0, 0.05) is 6.04 Å². The number of nitrogens with two attached hydrogens (primary N) is 1. The number of benzene rings is 1. The monoisotopic (exact) mass is 199 g/mol. The molecule has 0 aliphatic heterocycles. The summed E-state index contributed by atoms with van der Waals surface area (Å²) in [4.78, 5) is 0. The minimum Gasteiger partial charge on any atom is -0.324 e. The van der Waals surface area contributed by atoms with E-state index in [-0.39, 0.29) is 16.9 Å². The topological polar surface area (TPSA) is 26.0 Å². The van der Waals surface area contributed by atoms with Crippen LogP contribution in [0.1, 0.15) is 24.4 Å². The summed E-state index contributed by atoms with van der Waals surface area (Å²) in [5.41, 5.74) is 6.88. The van der Waals surface area contributed by atoms with Crippen molar-refractivity contribution in [2.45, 2.75) is 18.9 Å². The van der Waals surface area contributed by atoms with Crippen molar-refractivity contribution in [3.8, 4) is 0 Å². The largest absolute Gasteiger partial charge is 0.324 e. The summed E-state index contributed by atoms with van der Waals surface area (Å²) in [5.74, 6) is 0.190. The Balaban J connectivity index is 2.24. The lowest BCUT2D eigenvalue weighted by atomic mass is 10.0. The van der Waals surface area contributed by atoms with Crippen molar-refractivity contribution in [3.05, 3.63) is 34.6 Å². The first-order chi connectivity index (χ1) is 6.18. The van der Waals surface area contributed by atoms with Gasteiger partial charge >= 0.3 is 0 Å². The van der Waals surface area contributed by atoms with Gasteiger partial charge in [-0.15, -0.1) is 0 Å². The van der Waals surface area contributed by atoms with Gasteiger partial charge in [0.15, 0.2) is 0 Å². The second kappa shape index (κ2) is 3.28. The predicted molar refractivity (Wildman–Crippen MR) is 51.1 cm³/mol. The standard InChI is InChI=1S/C10H11ClFN/c11-8-5-7(3-4-9(8)12)10(13)6-1-2-6/h3-6,10H,1-2,13H2. The van der Waals surface area contributed by atoms with Gasteiger partial charge in [-0.05, 0) is 36.5 Å². The highest BCUT2D eigenvalue weighted by atomic mass is 35.5. The van der Waals surface area contributed by atoms with Gasteiger partial charge in [0.1, 0.15) is 5.82 Å². The number of hydrogen-bond donors (Lipinski definition) is 1. The lowest BCUT2D eigenvalue weighted by Gasteiger charge is -2.10. The van der Waals surface area contributed by atoms with Gasteiger partial charge in [0.2, 0.25) is 0 Å². The molecule has 3 heteroatoms. The molecule has 1 fully saturated rings. The highest BCUT2D eigenvalue weighted by Gasteiger charge is 2.29. The molecule has 0 saturated heterocycles. The molecule has 1 aliphatic carbocycles. The molecule has 1 nitrogen and oxygen atoms in total. The van der Waals surface area contributed by atoms with Crippen molar-refractivity contribution in [2.24, 2.45) is 11.7 Å². The SMILES string of the molecule is NC(c1ccc(F)c(Cl)c1)C1CC1. The van der Waals surface area contributed by atoms with Crippen LogP contribution in [0.25, 0.3) is 0 Å². The van der Waals surface area contributed by atoms with Gasteiger partial charge in [-0.3, -0.25) is 0 Å². The molecule has 0 aromatic heterocycles. The summed E-state index contributed by atoms with van der Waals surface area (Å²) in [6, 6.07) is 4.74. The zero-order valence-corrected chi connectivity index (χ0v) is 7.89. The molecular formula is C10H11ClFN. The van der Waals surface area contributed by atoms with Crippen LogP contribution in [0.15, 0.2) is 18.2 Å². The van der Waals surface area contributed by atoms with E-state index in [1.54, 1.807) is 12.1 Å². The number of hydrogen-bond acceptors (Lipinski definition) is 1. The molecular weight excluding hydrogens is 189 g/mol. The summed E-state index contributed by atoms with van der Waals surface area (Å²) in [7, 11) is 0. The molecule has 0 bridgehead atoms. The zero-order chi connectivity index (χ0) is 9.42. The van der Waals surface area contributed by atoms with Crippen molar-refractivity contribution in [1.82, 2.24) is 0 Å². The molecule has 2 N–H and O–H groups in total. The molecule has 1 aromatic rings. The van der Waals surface area contributed by atoms with Crippen LogP contribution in [0.4, 0.5) is 4.39 Å². The normalized spacial score (nSPS) is 18.7. The van der Waals surface area contributed by atoms with E-state index in [2.05, 4.69) is 0 Å². The number of rotatable bonds is 2. The molecule has 1 unspecified atom stereocenters. The van der Waals surface area contributed by atoms with Gasteiger partial charge in [0.25, 0.3) is 0 Å². The van der Waals surface area contributed by atoms with Crippen molar-refractivity contribution < 1.29 is 4.39 Å². The van der Waals surface area contributed by atoms with E-state index < -0.39 is 0 Å². The fraction of sp³-hybridized carbons (Fsp3) is 0.400. The molecule has 1 saturated carbocycles. The summed E-state index contributed by atoms with van der Waals surface area (Å²) in [6.07, 6.45) is 2.35. The predicted octanol–water partition coefficient (Wildman–Crippen LogP) is 2.89.